The first-order chi connectivity index (χ1) is 14.0. The number of hydrogen-bond acceptors (Lipinski definition) is 4. The molecule has 0 fully saturated rings. The molecule has 29 heavy (non-hydrogen) atoms. The Morgan fingerprint density at radius 2 is 1.90 bits per heavy atom. The lowest BCUT2D eigenvalue weighted by molar-refractivity contribution is 0.0937. The van der Waals surface area contributed by atoms with Gasteiger partial charge in [0.15, 0.2) is 11.0 Å². The van der Waals surface area contributed by atoms with E-state index in [9.17, 15) is 4.79 Å². The van der Waals surface area contributed by atoms with E-state index in [-0.39, 0.29) is 11.9 Å². The Labute approximate surface area is 176 Å². The molecule has 0 aliphatic rings. The predicted octanol–water partition coefficient (Wildman–Crippen LogP) is 4.86. The highest BCUT2D eigenvalue weighted by Crippen LogP contribution is 2.24. The maximum absolute atomic E-state index is 12.7. The van der Waals surface area contributed by atoms with Crippen LogP contribution in [0.4, 0.5) is 0 Å². The molecule has 1 heterocycles. The van der Waals surface area contributed by atoms with E-state index in [1.54, 1.807) is 11.8 Å². The van der Waals surface area contributed by atoms with Crippen LogP contribution in [-0.4, -0.2) is 20.7 Å². The summed E-state index contributed by atoms with van der Waals surface area (Å²) in [6.07, 6.45) is 1.82. The molecule has 5 nitrogen and oxygen atoms in total. The van der Waals surface area contributed by atoms with E-state index >= 15 is 0 Å². The van der Waals surface area contributed by atoms with Crippen molar-refractivity contribution in [2.75, 3.05) is 0 Å². The lowest BCUT2D eigenvalue weighted by Crippen LogP contribution is -2.29. The van der Waals surface area contributed by atoms with Gasteiger partial charge in [0.1, 0.15) is 0 Å². The number of allylic oxidation sites excluding steroid dienone is 1. The molecule has 1 atom stereocenters. The third kappa shape index (κ3) is 5.15. The van der Waals surface area contributed by atoms with Crippen molar-refractivity contribution >= 4 is 17.7 Å². The maximum atomic E-state index is 12.7. The van der Waals surface area contributed by atoms with E-state index < -0.39 is 0 Å². The van der Waals surface area contributed by atoms with E-state index in [4.69, 9.17) is 0 Å². The lowest BCUT2D eigenvalue weighted by atomic mass is 10.1. The van der Waals surface area contributed by atoms with Crippen LogP contribution in [0, 0.1) is 13.8 Å². The summed E-state index contributed by atoms with van der Waals surface area (Å²) in [4.78, 5) is 12.7. The van der Waals surface area contributed by atoms with Crippen molar-refractivity contribution < 1.29 is 4.79 Å². The number of hydrogen-bond donors (Lipinski definition) is 1. The van der Waals surface area contributed by atoms with Gasteiger partial charge >= 0.3 is 0 Å². The molecule has 1 aromatic heterocycles. The monoisotopic (exact) mass is 406 g/mol. The summed E-state index contributed by atoms with van der Waals surface area (Å²) in [6, 6.07) is 15.8. The Hall–Kier alpha value is -2.86. The molecule has 0 saturated carbocycles. The first kappa shape index (κ1) is 20.9. The van der Waals surface area contributed by atoms with Crippen LogP contribution in [0.25, 0.3) is 0 Å². The minimum absolute atomic E-state index is 0.113. The molecule has 2 aromatic carbocycles. The molecule has 0 radical (unpaired) electrons. The van der Waals surface area contributed by atoms with E-state index in [1.165, 1.54) is 11.1 Å². The van der Waals surface area contributed by atoms with Crippen LogP contribution in [0.15, 0.2) is 66.3 Å². The minimum atomic E-state index is -0.275. The fourth-order valence-electron chi connectivity index (χ4n) is 3.03. The number of aryl methyl sites for hydroxylation is 2. The van der Waals surface area contributed by atoms with Crippen LogP contribution in [0.1, 0.15) is 45.8 Å². The Morgan fingerprint density at radius 1 is 1.17 bits per heavy atom. The van der Waals surface area contributed by atoms with Gasteiger partial charge in [-0.15, -0.1) is 16.8 Å². The zero-order chi connectivity index (χ0) is 20.8. The van der Waals surface area contributed by atoms with Gasteiger partial charge in [-0.25, -0.2) is 0 Å². The van der Waals surface area contributed by atoms with Gasteiger partial charge in [0, 0.05) is 17.9 Å². The summed E-state index contributed by atoms with van der Waals surface area (Å²) >= 11 is 1.63. The van der Waals surface area contributed by atoms with Crippen LogP contribution in [0.3, 0.4) is 0 Å². The normalized spacial score (nSPS) is 11.8. The smallest absolute Gasteiger partial charge is 0.252 e. The number of nitrogens with one attached hydrogen (secondary N) is 1. The summed E-state index contributed by atoms with van der Waals surface area (Å²) < 4.78 is 2.01. The van der Waals surface area contributed by atoms with Crippen molar-refractivity contribution in [3.8, 4) is 0 Å². The number of benzene rings is 2. The zero-order valence-corrected chi connectivity index (χ0v) is 17.9. The van der Waals surface area contributed by atoms with E-state index in [0.717, 1.165) is 22.3 Å². The highest BCUT2D eigenvalue weighted by molar-refractivity contribution is 7.98. The fraction of sp³-hybridized carbons (Fsp3) is 0.261. The highest BCUT2D eigenvalue weighted by Gasteiger charge is 2.20. The maximum Gasteiger partial charge on any atom is 0.252 e. The highest BCUT2D eigenvalue weighted by atomic mass is 32.2. The number of amides is 1. The molecular weight excluding hydrogens is 380 g/mol. The molecule has 1 unspecified atom stereocenters. The van der Waals surface area contributed by atoms with Crippen molar-refractivity contribution in [3.05, 3.63) is 89.3 Å². The molecule has 3 rings (SSSR count). The van der Waals surface area contributed by atoms with Gasteiger partial charge < -0.3 is 9.88 Å². The third-order valence-electron chi connectivity index (χ3n) is 4.67. The zero-order valence-electron chi connectivity index (χ0n) is 17.1. The van der Waals surface area contributed by atoms with Crippen molar-refractivity contribution in [2.24, 2.45) is 0 Å². The van der Waals surface area contributed by atoms with Gasteiger partial charge in [0.2, 0.25) is 0 Å². The summed E-state index contributed by atoms with van der Waals surface area (Å²) in [5, 5.41) is 12.6. The van der Waals surface area contributed by atoms with Crippen molar-refractivity contribution in [1.82, 2.24) is 20.1 Å². The third-order valence-corrected chi connectivity index (χ3v) is 5.71. The summed E-state index contributed by atoms with van der Waals surface area (Å²) in [6.45, 7) is 10.4. The Balaban J connectivity index is 1.74. The van der Waals surface area contributed by atoms with Crippen LogP contribution < -0.4 is 5.32 Å². The van der Waals surface area contributed by atoms with Crippen LogP contribution in [0.2, 0.25) is 0 Å². The van der Waals surface area contributed by atoms with Crippen LogP contribution in [0.5, 0.6) is 0 Å². The summed E-state index contributed by atoms with van der Waals surface area (Å²) in [5.74, 6) is 1.41. The molecule has 0 spiro atoms. The van der Waals surface area contributed by atoms with Crippen molar-refractivity contribution in [2.45, 2.75) is 44.3 Å². The number of carbonyl (C=O) groups excluding carboxylic acids is 1. The number of carbonyl (C=O) groups is 1. The molecule has 0 bridgehead atoms. The largest absolute Gasteiger partial charge is 0.342 e. The molecule has 1 amide bonds. The van der Waals surface area contributed by atoms with Gasteiger partial charge in [-0.1, -0.05) is 65.9 Å². The first-order valence-corrected chi connectivity index (χ1v) is 10.6. The lowest BCUT2D eigenvalue weighted by Gasteiger charge is -2.16. The second kappa shape index (κ2) is 9.56. The average Bonchev–Trinajstić information content (AvgIpc) is 3.11. The van der Waals surface area contributed by atoms with Crippen LogP contribution in [-0.2, 0) is 12.3 Å². The topological polar surface area (TPSA) is 59.8 Å². The Morgan fingerprint density at radius 3 is 2.59 bits per heavy atom. The van der Waals surface area contributed by atoms with Gasteiger partial charge in [-0.3, -0.25) is 4.79 Å². The minimum Gasteiger partial charge on any atom is -0.342 e. The summed E-state index contributed by atoms with van der Waals surface area (Å²) in [7, 11) is 0. The molecular formula is C23H26N4OS. The quantitative estimate of drug-likeness (QED) is 0.428. The van der Waals surface area contributed by atoms with Gasteiger partial charge in [0.25, 0.3) is 5.91 Å². The molecule has 150 valence electrons. The van der Waals surface area contributed by atoms with Gasteiger partial charge in [0.05, 0.1) is 6.04 Å². The van der Waals surface area contributed by atoms with Crippen LogP contribution >= 0.6 is 11.8 Å². The Kier molecular flexibility index (Phi) is 6.88. The number of thioether (sulfide) groups is 1. The predicted molar refractivity (Wildman–Crippen MR) is 118 cm³/mol. The fourth-order valence-corrected chi connectivity index (χ4v) is 3.94. The second-order valence-corrected chi connectivity index (χ2v) is 7.97. The molecule has 0 aliphatic heterocycles. The first-order valence-electron chi connectivity index (χ1n) is 9.58. The number of aromatic nitrogens is 3. The Bertz CT molecular complexity index is 994. The van der Waals surface area contributed by atoms with Gasteiger partial charge in [-0.05, 0) is 38.0 Å². The van der Waals surface area contributed by atoms with Crippen molar-refractivity contribution in [3.63, 3.8) is 0 Å². The van der Waals surface area contributed by atoms with E-state index in [0.29, 0.717) is 12.1 Å². The second-order valence-electron chi connectivity index (χ2n) is 7.02. The standard InChI is InChI=1S/C23H26N4OS/c1-5-14-27-21(18(4)24-22(28)20-9-7-6-8-17(20)3)25-26-23(27)29-15-19-12-10-16(2)11-13-19/h5-13,18H,1,14-15H2,2-4H3,(H,24,28). The van der Waals surface area contributed by atoms with E-state index in [2.05, 4.69) is 53.3 Å². The average molecular weight is 407 g/mol. The molecule has 1 N–H and O–H groups in total. The van der Waals surface area contributed by atoms with Crippen molar-refractivity contribution in [1.29, 1.82) is 0 Å². The molecule has 6 heteroatoms. The molecule has 0 aliphatic carbocycles. The molecule has 3 aromatic rings. The summed E-state index contributed by atoms with van der Waals surface area (Å²) in [5.41, 5.74) is 4.09. The van der Waals surface area contributed by atoms with Gasteiger partial charge in [-0.2, -0.15) is 0 Å². The van der Waals surface area contributed by atoms with E-state index in [1.807, 2.05) is 48.8 Å². The SMILES string of the molecule is C=CCn1c(SCc2ccc(C)cc2)nnc1C(C)NC(=O)c1ccccc1C. The number of nitrogens with zero attached hydrogens (tertiary/aromatic N) is 3. The molecule has 0 saturated heterocycles. The number of rotatable bonds is 8.